The van der Waals surface area contributed by atoms with Crippen LogP contribution in [-0.2, 0) is 20.8 Å². The van der Waals surface area contributed by atoms with Gasteiger partial charge >= 0.3 is 11.9 Å². The van der Waals surface area contributed by atoms with Gasteiger partial charge < -0.3 is 14.0 Å². The Balaban J connectivity index is 2.09. The Labute approximate surface area is 136 Å². The van der Waals surface area contributed by atoms with Gasteiger partial charge in [-0.15, -0.1) is 0 Å². The first-order valence-electron chi connectivity index (χ1n) is 8.08. The summed E-state index contributed by atoms with van der Waals surface area (Å²) in [6.07, 6.45) is 1.93. The first-order chi connectivity index (χ1) is 11.2. The van der Waals surface area contributed by atoms with Crippen molar-refractivity contribution in [3.63, 3.8) is 0 Å². The molecular formula is C18H23NO4. The normalized spacial score (nSPS) is 10.7. The minimum atomic E-state index is -0.311. The van der Waals surface area contributed by atoms with Crippen LogP contribution >= 0.6 is 0 Å². The van der Waals surface area contributed by atoms with Gasteiger partial charge in [0.25, 0.3) is 0 Å². The maximum absolute atomic E-state index is 12.1. The van der Waals surface area contributed by atoms with Gasteiger partial charge in [0.05, 0.1) is 13.2 Å². The van der Waals surface area contributed by atoms with Crippen LogP contribution < -0.4 is 0 Å². The molecule has 0 aliphatic carbocycles. The quantitative estimate of drug-likeness (QED) is 0.552. The fraction of sp³-hybridized carbons (Fsp3) is 0.444. The van der Waals surface area contributed by atoms with Crippen molar-refractivity contribution in [2.45, 2.75) is 39.7 Å². The Morgan fingerprint density at radius 3 is 2.52 bits per heavy atom. The van der Waals surface area contributed by atoms with Crippen molar-refractivity contribution in [2.24, 2.45) is 0 Å². The van der Waals surface area contributed by atoms with Crippen molar-refractivity contribution in [2.75, 3.05) is 13.2 Å². The van der Waals surface area contributed by atoms with Crippen molar-refractivity contribution in [1.29, 1.82) is 0 Å². The average molecular weight is 317 g/mol. The highest BCUT2D eigenvalue weighted by Crippen LogP contribution is 2.21. The molecule has 0 saturated heterocycles. The van der Waals surface area contributed by atoms with E-state index in [0.29, 0.717) is 31.9 Å². The summed E-state index contributed by atoms with van der Waals surface area (Å²) in [4.78, 5) is 23.5. The molecule has 5 heteroatoms. The van der Waals surface area contributed by atoms with Crippen molar-refractivity contribution >= 4 is 22.8 Å². The number of esters is 2. The Bertz CT molecular complexity index is 675. The molecule has 5 nitrogen and oxygen atoms in total. The van der Waals surface area contributed by atoms with E-state index in [1.807, 2.05) is 34.9 Å². The monoisotopic (exact) mass is 317 g/mol. The molecule has 0 saturated carbocycles. The zero-order valence-electron chi connectivity index (χ0n) is 13.7. The van der Waals surface area contributed by atoms with Crippen LogP contribution in [0, 0.1) is 0 Å². The summed E-state index contributed by atoms with van der Waals surface area (Å²) in [5.74, 6) is -0.482. The third-order valence-electron chi connectivity index (χ3n) is 3.61. The molecule has 1 aromatic carbocycles. The standard InChI is InChI=1S/C18H23NO4/c1-3-22-17(20)11-7-8-12-19-15-10-6-5-9-14(15)13-16(19)18(21)23-4-2/h5-6,9-10,13H,3-4,7-8,11-12H2,1-2H3. The highest BCUT2D eigenvalue weighted by molar-refractivity contribution is 5.95. The van der Waals surface area contributed by atoms with Crippen molar-refractivity contribution < 1.29 is 19.1 Å². The highest BCUT2D eigenvalue weighted by Gasteiger charge is 2.16. The molecule has 2 rings (SSSR count). The first-order valence-corrected chi connectivity index (χ1v) is 8.08. The van der Waals surface area contributed by atoms with Gasteiger partial charge in [-0.3, -0.25) is 4.79 Å². The number of rotatable bonds is 8. The molecule has 1 heterocycles. The second kappa shape index (κ2) is 8.36. The van der Waals surface area contributed by atoms with E-state index in [9.17, 15) is 9.59 Å². The molecule has 0 spiro atoms. The number of fused-ring (bicyclic) bond motifs is 1. The van der Waals surface area contributed by atoms with Gasteiger partial charge in [0, 0.05) is 23.9 Å². The van der Waals surface area contributed by atoms with Gasteiger partial charge in [0.15, 0.2) is 0 Å². The molecule has 0 amide bonds. The second-order valence-electron chi connectivity index (χ2n) is 5.22. The van der Waals surface area contributed by atoms with Gasteiger partial charge in [0.2, 0.25) is 0 Å². The summed E-state index contributed by atoms with van der Waals surface area (Å²) < 4.78 is 12.0. The molecule has 124 valence electrons. The fourth-order valence-electron chi connectivity index (χ4n) is 2.60. The van der Waals surface area contributed by atoms with Gasteiger partial charge in [-0.05, 0) is 38.8 Å². The first kappa shape index (κ1) is 17.1. The summed E-state index contributed by atoms with van der Waals surface area (Å²) in [7, 11) is 0. The Morgan fingerprint density at radius 2 is 1.78 bits per heavy atom. The lowest BCUT2D eigenvalue weighted by Crippen LogP contribution is -2.12. The lowest BCUT2D eigenvalue weighted by molar-refractivity contribution is -0.143. The lowest BCUT2D eigenvalue weighted by atomic mass is 10.2. The third kappa shape index (κ3) is 4.34. The number of para-hydroxylation sites is 1. The number of ether oxygens (including phenoxy) is 2. The number of carbonyl (C=O) groups is 2. The topological polar surface area (TPSA) is 57.5 Å². The summed E-state index contributed by atoms with van der Waals surface area (Å²) in [6, 6.07) is 9.73. The average Bonchev–Trinajstić information content (AvgIpc) is 2.91. The third-order valence-corrected chi connectivity index (χ3v) is 3.61. The molecule has 0 aliphatic rings. The molecule has 0 fully saturated rings. The SMILES string of the molecule is CCOC(=O)CCCCn1c(C(=O)OCC)cc2ccccc21. The zero-order valence-corrected chi connectivity index (χ0v) is 13.7. The second-order valence-corrected chi connectivity index (χ2v) is 5.22. The largest absolute Gasteiger partial charge is 0.466 e. The molecule has 1 aromatic heterocycles. The van der Waals surface area contributed by atoms with Crippen LogP contribution in [0.2, 0.25) is 0 Å². The molecule has 0 atom stereocenters. The zero-order chi connectivity index (χ0) is 16.7. The molecular weight excluding hydrogens is 294 g/mol. The van der Waals surface area contributed by atoms with E-state index in [0.717, 1.165) is 23.7 Å². The van der Waals surface area contributed by atoms with Crippen molar-refractivity contribution in [1.82, 2.24) is 4.57 Å². The van der Waals surface area contributed by atoms with Gasteiger partial charge in [-0.1, -0.05) is 18.2 Å². The number of aryl methyl sites for hydroxylation is 1. The molecule has 23 heavy (non-hydrogen) atoms. The number of benzene rings is 1. The van der Waals surface area contributed by atoms with Gasteiger partial charge in [-0.25, -0.2) is 4.79 Å². The van der Waals surface area contributed by atoms with E-state index in [-0.39, 0.29) is 11.9 Å². The van der Waals surface area contributed by atoms with Crippen molar-refractivity contribution in [3.8, 4) is 0 Å². The molecule has 0 radical (unpaired) electrons. The van der Waals surface area contributed by atoms with E-state index < -0.39 is 0 Å². The van der Waals surface area contributed by atoms with E-state index in [1.54, 1.807) is 13.8 Å². The van der Waals surface area contributed by atoms with Crippen LogP contribution in [0.15, 0.2) is 30.3 Å². The van der Waals surface area contributed by atoms with Crippen LogP contribution in [0.25, 0.3) is 10.9 Å². The Morgan fingerprint density at radius 1 is 1.04 bits per heavy atom. The fourth-order valence-corrected chi connectivity index (χ4v) is 2.60. The van der Waals surface area contributed by atoms with E-state index >= 15 is 0 Å². The minimum absolute atomic E-state index is 0.171. The van der Waals surface area contributed by atoms with Crippen molar-refractivity contribution in [3.05, 3.63) is 36.0 Å². The van der Waals surface area contributed by atoms with Gasteiger partial charge in [0.1, 0.15) is 5.69 Å². The Kier molecular flexibility index (Phi) is 6.20. The maximum Gasteiger partial charge on any atom is 0.354 e. The van der Waals surface area contributed by atoms with Gasteiger partial charge in [-0.2, -0.15) is 0 Å². The molecule has 2 aromatic rings. The highest BCUT2D eigenvalue weighted by atomic mass is 16.5. The molecule has 0 N–H and O–H groups in total. The van der Waals surface area contributed by atoms with E-state index in [1.165, 1.54) is 0 Å². The predicted octanol–water partition coefficient (Wildman–Crippen LogP) is 3.55. The van der Waals surface area contributed by atoms with Crippen LogP contribution in [0.3, 0.4) is 0 Å². The van der Waals surface area contributed by atoms with Crippen LogP contribution in [0.4, 0.5) is 0 Å². The van der Waals surface area contributed by atoms with Crippen LogP contribution in [0.5, 0.6) is 0 Å². The predicted molar refractivity (Wildman–Crippen MR) is 88.4 cm³/mol. The van der Waals surface area contributed by atoms with E-state index in [4.69, 9.17) is 9.47 Å². The maximum atomic E-state index is 12.1. The van der Waals surface area contributed by atoms with E-state index in [2.05, 4.69) is 0 Å². The smallest absolute Gasteiger partial charge is 0.354 e. The summed E-state index contributed by atoms with van der Waals surface area (Å²) >= 11 is 0. The lowest BCUT2D eigenvalue weighted by Gasteiger charge is -2.10. The van der Waals surface area contributed by atoms with Crippen LogP contribution in [0.1, 0.15) is 43.6 Å². The summed E-state index contributed by atoms with van der Waals surface area (Å²) in [5, 5.41) is 1.01. The molecule has 0 unspecified atom stereocenters. The number of hydrogen-bond acceptors (Lipinski definition) is 4. The minimum Gasteiger partial charge on any atom is -0.466 e. The molecule has 0 aliphatic heterocycles. The van der Waals surface area contributed by atoms with Crippen LogP contribution in [-0.4, -0.2) is 29.7 Å². The summed E-state index contributed by atoms with van der Waals surface area (Å²) in [6.45, 7) is 5.03. The summed E-state index contributed by atoms with van der Waals surface area (Å²) in [5.41, 5.74) is 1.57. The Hall–Kier alpha value is -2.30. The number of carbonyl (C=O) groups excluding carboxylic acids is 2. The molecule has 0 bridgehead atoms. The number of hydrogen-bond donors (Lipinski definition) is 0. The number of aromatic nitrogens is 1. The number of unbranched alkanes of at least 4 members (excludes halogenated alkanes) is 1. The number of nitrogens with zero attached hydrogens (tertiary/aromatic N) is 1.